The highest BCUT2D eigenvalue weighted by Gasteiger charge is 2.40. The van der Waals surface area contributed by atoms with Crippen molar-refractivity contribution in [2.75, 3.05) is 0 Å². The molecule has 0 spiro atoms. The molecule has 0 amide bonds. The smallest absolute Gasteiger partial charge is 0.0101 e. The fourth-order valence-electron chi connectivity index (χ4n) is 3.84. The number of hydrogen-bond donors (Lipinski definition) is 1. The molecule has 2 bridgehead atoms. The van der Waals surface area contributed by atoms with Gasteiger partial charge in [0.1, 0.15) is 0 Å². The molecule has 3 fully saturated rings. The molecule has 3 aliphatic rings. The van der Waals surface area contributed by atoms with Crippen molar-refractivity contribution in [2.24, 2.45) is 11.8 Å². The van der Waals surface area contributed by atoms with Crippen LogP contribution >= 0.6 is 0 Å². The largest absolute Gasteiger partial charge is 0.311 e. The maximum Gasteiger partial charge on any atom is 0.0101 e. The van der Waals surface area contributed by atoms with Crippen LogP contribution in [-0.2, 0) is 0 Å². The normalized spacial score (nSPS) is 44.8. The van der Waals surface area contributed by atoms with E-state index in [2.05, 4.69) is 5.32 Å². The predicted octanol–water partition coefficient (Wildman–Crippen LogP) is 2.71. The van der Waals surface area contributed by atoms with E-state index in [9.17, 15) is 0 Å². The molecule has 0 aliphatic heterocycles. The van der Waals surface area contributed by atoms with Crippen LogP contribution in [0.15, 0.2) is 0 Å². The Morgan fingerprint density at radius 3 is 2.31 bits per heavy atom. The minimum absolute atomic E-state index is 0.893. The summed E-state index contributed by atoms with van der Waals surface area (Å²) >= 11 is 0. The zero-order valence-electron chi connectivity index (χ0n) is 8.47. The molecule has 1 heteroatoms. The summed E-state index contributed by atoms with van der Waals surface area (Å²) in [5.74, 6) is 2.16. The molecule has 3 saturated carbocycles. The van der Waals surface area contributed by atoms with Crippen molar-refractivity contribution in [2.45, 2.75) is 63.5 Å². The van der Waals surface area contributed by atoms with E-state index in [0.717, 1.165) is 23.9 Å². The summed E-state index contributed by atoms with van der Waals surface area (Å²) in [5, 5.41) is 3.91. The minimum Gasteiger partial charge on any atom is -0.311 e. The molecular formula is C12H21N. The number of rotatable bonds is 2. The van der Waals surface area contributed by atoms with Crippen LogP contribution in [0.4, 0.5) is 0 Å². The fraction of sp³-hybridized carbons (Fsp3) is 1.00. The molecule has 0 saturated heterocycles. The van der Waals surface area contributed by atoms with Crippen LogP contribution < -0.4 is 5.32 Å². The first-order chi connectivity index (χ1) is 6.42. The molecule has 0 unspecified atom stereocenters. The molecule has 0 aromatic heterocycles. The molecule has 0 radical (unpaired) electrons. The van der Waals surface area contributed by atoms with Gasteiger partial charge in [-0.25, -0.2) is 0 Å². The van der Waals surface area contributed by atoms with Crippen molar-refractivity contribution < 1.29 is 0 Å². The van der Waals surface area contributed by atoms with E-state index >= 15 is 0 Å². The van der Waals surface area contributed by atoms with Crippen molar-refractivity contribution >= 4 is 0 Å². The first kappa shape index (κ1) is 8.28. The second-order valence-electron chi connectivity index (χ2n) is 5.43. The van der Waals surface area contributed by atoms with E-state index in [0.29, 0.717) is 0 Å². The quantitative estimate of drug-likeness (QED) is 0.687. The molecule has 1 N–H and O–H groups in total. The van der Waals surface area contributed by atoms with E-state index in [4.69, 9.17) is 0 Å². The first-order valence-corrected chi connectivity index (χ1v) is 6.18. The van der Waals surface area contributed by atoms with Crippen LogP contribution in [0.5, 0.6) is 0 Å². The van der Waals surface area contributed by atoms with Crippen LogP contribution in [0.25, 0.3) is 0 Å². The van der Waals surface area contributed by atoms with Gasteiger partial charge in [-0.1, -0.05) is 19.3 Å². The van der Waals surface area contributed by atoms with E-state index in [1.54, 1.807) is 6.42 Å². The summed E-state index contributed by atoms with van der Waals surface area (Å²) < 4.78 is 0. The second kappa shape index (κ2) is 3.27. The summed E-state index contributed by atoms with van der Waals surface area (Å²) in [6.07, 6.45) is 12.0. The van der Waals surface area contributed by atoms with Crippen molar-refractivity contribution in [1.29, 1.82) is 0 Å². The van der Waals surface area contributed by atoms with Gasteiger partial charge in [0.15, 0.2) is 0 Å². The van der Waals surface area contributed by atoms with Crippen molar-refractivity contribution in [3.8, 4) is 0 Å². The molecule has 0 heterocycles. The molecule has 3 atom stereocenters. The maximum atomic E-state index is 3.91. The zero-order chi connectivity index (χ0) is 8.67. The van der Waals surface area contributed by atoms with Gasteiger partial charge in [0.25, 0.3) is 0 Å². The topological polar surface area (TPSA) is 12.0 Å². The average molecular weight is 179 g/mol. The Hall–Kier alpha value is -0.0400. The molecule has 0 aromatic rings. The van der Waals surface area contributed by atoms with Crippen LogP contribution in [0.2, 0.25) is 0 Å². The number of fused-ring (bicyclic) bond motifs is 2. The Morgan fingerprint density at radius 2 is 1.69 bits per heavy atom. The van der Waals surface area contributed by atoms with Crippen molar-refractivity contribution in [3.63, 3.8) is 0 Å². The first-order valence-electron chi connectivity index (χ1n) is 6.18. The highest BCUT2D eigenvalue weighted by atomic mass is 15.0. The molecule has 13 heavy (non-hydrogen) atoms. The summed E-state index contributed by atoms with van der Waals surface area (Å²) in [7, 11) is 0. The lowest BCUT2D eigenvalue weighted by Gasteiger charge is -2.26. The van der Waals surface area contributed by atoms with E-state index in [1.165, 1.54) is 44.9 Å². The Balaban J connectivity index is 1.55. The maximum absolute atomic E-state index is 3.91. The Kier molecular flexibility index (Phi) is 2.08. The molecule has 0 aromatic carbocycles. The van der Waals surface area contributed by atoms with Gasteiger partial charge in [0, 0.05) is 12.1 Å². The van der Waals surface area contributed by atoms with Gasteiger partial charge in [-0.05, 0) is 43.9 Å². The van der Waals surface area contributed by atoms with Gasteiger partial charge < -0.3 is 5.32 Å². The Labute approximate surface area is 81.3 Å². The summed E-state index contributed by atoms with van der Waals surface area (Å²) in [4.78, 5) is 0. The lowest BCUT2D eigenvalue weighted by Crippen LogP contribution is -2.39. The molecular weight excluding hydrogens is 158 g/mol. The Bertz CT molecular complexity index is 184. The molecule has 1 nitrogen and oxygen atoms in total. The third-order valence-corrected chi connectivity index (χ3v) is 4.54. The predicted molar refractivity (Wildman–Crippen MR) is 54.6 cm³/mol. The lowest BCUT2D eigenvalue weighted by molar-refractivity contribution is 0.318. The standard InChI is InChI=1S/C12H21N/c1-2-4-11(3-1)13-12-8-9-5-6-10(12)7-9/h9-13H,1-8H2/t9-,10+,12+/m0/s1. The van der Waals surface area contributed by atoms with Crippen LogP contribution in [0.1, 0.15) is 51.4 Å². The molecule has 3 rings (SSSR count). The van der Waals surface area contributed by atoms with Crippen LogP contribution in [0, 0.1) is 11.8 Å². The fourth-order valence-corrected chi connectivity index (χ4v) is 3.84. The van der Waals surface area contributed by atoms with Crippen LogP contribution in [0.3, 0.4) is 0 Å². The second-order valence-corrected chi connectivity index (χ2v) is 5.43. The highest BCUT2D eigenvalue weighted by molar-refractivity contribution is 4.95. The van der Waals surface area contributed by atoms with Crippen molar-refractivity contribution in [1.82, 2.24) is 5.32 Å². The summed E-state index contributed by atoms with van der Waals surface area (Å²) in [6, 6.07) is 1.81. The Morgan fingerprint density at radius 1 is 0.846 bits per heavy atom. The SMILES string of the molecule is C1CCC(N[C@@H]2C[C@H]3CC[C@@H]2C3)C1. The van der Waals surface area contributed by atoms with Gasteiger partial charge in [0.05, 0.1) is 0 Å². The molecule has 74 valence electrons. The average Bonchev–Trinajstić information content (AvgIpc) is 2.77. The molecule has 3 aliphatic carbocycles. The highest BCUT2D eigenvalue weighted by Crippen LogP contribution is 2.44. The number of hydrogen-bond acceptors (Lipinski definition) is 1. The third-order valence-electron chi connectivity index (χ3n) is 4.54. The van der Waals surface area contributed by atoms with Gasteiger partial charge in [0.2, 0.25) is 0 Å². The third kappa shape index (κ3) is 1.52. The zero-order valence-corrected chi connectivity index (χ0v) is 8.47. The lowest BCUT2D eigenvalue weighted by atomic mass is 9.94. The van der Waals surface area contributed by atoms with Crippen molar-refractivity contribution in [3.05, 3.63) is 0 Å². The van der Waals surface area contributed by atoms with Crippen LogP contribution in [-0.4, -0.2) is 12.1 Å². The monoisotopic (exact) mass is 179 g/mol. The minimum atomic E-state index is 0.893. The van der Waals surface area contributed by atoms with E-state index in [1.807, 2.05) is 0 Å². The summed E-state index contributed by atoms with van der Waals surface area (Å²) in [6.45, 7) is 0. The summed E-state index contributed by atoms with van der Waals surface area (Å²) in [5.41, 5.74) is 0. The van der Waals surface area contributed by atoms with Gasteiger partial charge >= 0.3 is 0 Å². The van der Waals surface area contributed by atoms with Gasteiger partial charge in [-0.2, -0.15) is 0 Å². The van der Waals surface area contributed by atoms with Gasteiger partial charge in [-0.15, -0.1) is 0 Å². The van der Waals surface area contributed by atoms with E-state index in [-0.39, 0.29) is 0 Å². The van der Waals surface area contributed by atoms with E-state index < -0.39 is 0 Å². The number of nitrogens with one attached hydrogen (secondary N) is 1. The van der Waals surface area contributed by atoms with Gasteiger partial charge in [-0.3, -0.25) is 0 Å².